The monoisotopic (exact) mass is 354 g/mol. The summed E-state index contributed by atoms with van der Waals surface area (Å²) in [6.07, 6.45) is 3.47. The lowest BCUT2D eigenvalue weighted by atomic mass is 9.95. The van der Waals surface area contributed by atoms with Gasteiger partial charge in [0.2, 0.25) is 0 Å². The van der Waals surface area contributed by atoms with Crippen molar-refractivity contribution < 1.29 is 4.74 Å². The number of aromatic amines is 1. The number of aromatic nitrogens is 2. The van der Waals surface area contributed by atoms with Crippen LogP contribution in [0.15, 0.2) is 18.2 Å². The summed E-state index contributed by atoms with van der Waals surface area (Å²) in [7, 11) is 2.13. The third-order valence-electron chi connectivity index (χ3n) is 5.76. The van der Waals surface area contributed by atoms with Crippen LogP contribution in [0, 0.1) is 0 Å². The largest absolute Gasteiger partial charge is 0.490 e. The molecule has 0 saturated heterocycles. The van der Waals surface area contributed by atoms with Gasteiger partial charge < -0.3 is 9.64 Å². The van der Waals surface area contributed by atoms with Gasteiger partial charge in [0.05, 0.1) is 17.9 Å². The van der Waals surface area contributed by atoms with Gasteiger partial charge in [0.25, 0.3) is 0 Å². The Morgan fingerprint density at radius 3 is 3.04 bits per heavy atom. The van der Waals surface area contributed by atoms with Crippen molar-refractivity contribution in [3.05, 3.63) is 40.7 Å². The van der Waals surface area contributed by atoms with Gasteiger partial charge in [0.15, 0.2) is 0 Å². The first-order chi connectivity index (χ1) is 12.7. The van der Waals surface area contributed by atoms with Gasteiger partial charge in [-0.3, -0.25) is 10.00 Å². The minimum absolute atomic E-state index is 0.535. The number of benzene rings is 1. The fraction of sp³-hybridized carbons (Fsp3) is 0.571. The van der Waals surface area contributed by atoms with E-state index in [0.717, 1.165) is 45.0 Å². The summed E-state index contributed by atoms with van der Waals surface area (Å²) in [5.74, 6) is 1.56. The Morgan fingerprint density at radius 1 is 1.31 bits per heavy atom. The van der Waals surface area contributed by atoms with E-state index < -0.39 is 0 Å². The van der Waals surface area contributed by atoms with Gasteiger partial charge in [-0.15, -0.1) is 0 Å². The van der Waals surface area contributed by atoms with E-state index in [0.29, 0.717) is 5.92 Å². The highest BCUT2D eigenvalue weighted by Crippen LogP contribution is 2.33. The standard InChI is InChI=1S/C21H30N4O/c1-4-5-15(2)21-17-14-25(9-8-18(17)22-23-21)13-16-6-7-19-20(12-16)26-11-10-24(19)3/h6-7,12,15H,4-5,8-11,13-14H2,1-3H3,(H,22,23)/t15-/m1/s1. The van der Waals surface area contributed by atoms with Crippen LogP contribution >= 0.6 is 0 Å². The zero-order valence-corrected chi connectivity index (χ0v) is 16.2. The number of fused-ring (bicyclic) bond motifs is 2. The Bertz CT molecular complexity index is 769. The Labute approximate surface area is 156 Å². The molecule has 3 heterocycles. The molecule has 0 fully saturated rings. The molecule has 0 spiro atoms. The molecule has 2 aromatic rings. The Kier molecular flexibility index (Phi) is 4.90. The summed E-state index contributed by atoms with van der Waals surface area (Å²) in [6.45, 7) is 9.32. The minimum atomic E-state index is 0.535. The molecule has 26 heavy (non-hydrogen) atoms. The van der Waals surface area contributed by atoms with Crippen molar-refractivity contribution in [3.8, 4) is 5.75 Å². The molecule has 0 unspecified atom stereocenters. The molecule has 1 atom stereocenters. The van der Waals surface area contributed by atoms with Crippen molar-refractivity contribution in [1.29, 1.82) is 0 Å². The second kappa shape index (κ2) is 7.31. The quantitative estimate of drug-likeness (QED) is 0.889. The fourth-order valence-corrected chi connectivity index (χ4v) is 4.24. The summed E-state index contributed by atoms with van der Waals surface area (Å²) < 4.78 is 5.87. The molecule has 5 heteroatoms. The van der Waals surface area contributed by atoms with Gasteiger partial charge in [0.1, 0.15) is 12.4 Å². The van der Waals surface area contributed by atoms with E-state index in [1.807, 2.05) is 0 Å². The number of hydrogen-bond acceptors (Lipinski definition) is 4. The van der Waals surface area contributed by atoms with E-state index in [1.54, 1.807) is 0 Å². The van der Waals surface area contributed by atoms with Crippen LogP contribution in [-0.4, -0.2) is 41.8 Å². The van der Waals surface area contributed by atoms with E-state index in [4.69, 9.17) is 4.74 Å². The van der Waals surface area contributed by atoms with Gasteiger partial charge in [0, 0.05) is 50.3 Å². The molecule has 2 aliphatic rings. The lowest BCUT2D eigenvalue weighted by Crippen LogP contribution is -2.31. The normalized spacial score (nSPS) is 18.2. The molecule has 0 saturated carbocycles. The number of H-pyrrole nitrogens is 1. The summed E-state index contributed by atoms with van der Waals surface area (Å²) in [5.41, 5.74) is 6.59. The second-order valence-electron chi connectivity index (χ2n) is 7.79. The molecule has 2 aliphatic heterocycles. The van der Waals surface area contributed by atoms with Crippen LogP contribution < -0.4 is 9.64 Å². The third kappa shape index (κ3) is 3.32. The highest BCUT2D eigenvalue weighted by atomic mass is 16.5. The Hall–Kier alpha value is -2.01. The van der Waals surface area contributed by atoms with Crippen molar-refractivity contribution in [2.45, 2.75) is 52.1 Å². The predicted octanol–water partition coefficient (Wildman–Crippen LogP) is 3.70. The summed E-state index contributed by atoms with van der Waals surface area (Å²) in [5, 5.41) is 7.94. The molecular weight excluding hydrogens is 324 g/mol. The summed E-state index contributed by atoms with van der Waals surface area (Å²) in [6, 6.07) is 6.66. The van der Waals surface area contributed by atoms with Crippen LogP contribution in [-0.2, 0) is 19.5 Å². The van der Waals surface area contributed by atoms with E-state index in [-0.39, 0.29) is 0 Å². The molecule has 0 radical (unpaired) electrons. The van der Waals surface area contributed by atoms with Crippen LogP contribution in [0.5, 0.6) is 5.75 Å². The fourth-order valence-electron chi connectivity index (χ4n) is 4.24. The van der Waals surface area contributed by atoms with Gasteiger partial charge >= 0.3 is 0 Å². The molecule has 0 bridgehead atoms. The first kappa shape index (κ1) is 17.4. The molecule has 5 nitrogen and oxygen atoms in total. The van der Waals surface area contributed by atoms with Crippen LogP contribution in [0.25, 0.3) is 0 Å². The maximum Gasteiger partial charge on any atom is 0.143 e. The average molecular weight is 354 g/mol. The Balaban J connectivity index is 1.49. The lowest BCUT2D eigenvalue weighted by molar-refractivity contribution is 0.242. The van der Waals surface area contributed by atoms with E-state index in [2.05, 4.69) is 59.1 Å². The van der Waals surface area contributed by atoms with Crippen molar-refractivity contribution >= 4 is 5.69 Å². The number of ether oxygens (including phenoxy) is 1. The first-order valence-electron chi connectivity index (χ1n) is 9.91. The van der Waals surface area contributed by atoms with E-state index >= 15 is 0 Å². The number of anilines is 1. The van der Waals surface area contributed by atoms with Gasteiger partial charge in [-0.25, -0.2) is 0 Å². The molecule has 1 aromatic carbocycles. The zero-order valence-electron chi connectivity index (χ0n) is 16.2. The average Bonchev–Trinajstić information content (AvgIpc) is 3.05. The van der Waals surface area contributed by atoms with E-state index in [9.17, 15) is 0 Å². The van der Waals surface area contributed by atoms with Crippen molar-refractivity contribution in [1.82, 2.24) is 15.1 Å². The van der Waals surface area contributed by atoms with Crippen LogP contribution in [0.3, 0.4) is 0 Å². The van der Waals surface area contributed by atoms with Gasteiger partial charge in [-0.05, 0) is 24.1 Å². The number of nitrogens with zero attached hydrogens (tertiary/aromatic N) is 3. The zero-order chi connectivity index (χ0) is 18.1. The number of nitrogens with one attached hydrogen (secondary N) is 1. The van der Waals surface area contributed by atoms with Crippen LogP contribution in [0.1, 0.15) is 55.1 Å². The maximum absolute atomic E-state index is 5.87. The predicted molar refractivity (Wildman–Crippen MR) is 105 cm³/mol. The number of hydrogen-bond donors (Lipinski definition) is 1. The smallest absolute Gasteiger partial charge is 0.143 e. The van der Waals surface area contributed by atoms with Gasteiger partial charge in [-0.1, -0.05) is 26.3 Å². The Morgan fingerprint density at radius 2 is 2.19 bits per heavy atom. The summed E-state index contributed by atoms with van der Waals surface area (Å²) >= 11 is 0. The third-order valence-corrected chi connectivity index (χ3v) is 5.76. The highest BCUT2D eigenvalue weighted by Gasteiger charge is 2.24. The van der Waals surface area contributed by atoms with Gasteiger partial charge in [-0.2, -0.15) is 5.10 Å². The minimum Gasteiger partial charge on any atom is -0.490 e. The topological polar surface area (TPSA) is 44.4 Å². The molecule has 0 amide bonds. The van der Waals surface area contributed by atoms with E-state index in [1.165, 1.54) is 41.0 Å². The summed E-state index contributed by atoms with van der Waals surface area (Å²) in [4.78, 5) is 4.80. The van der Waals surface area contributed by atoms with Crippen LogP contribution in [0.4, 0.5) is 5.69 Å². The van der Waals surface area contributed by atoms with Crippen molar-refractivity contribution in [3.63, 3.8) is 0 Å². The molecule has 4 rings (SSSR count). The van der Waals surface area contributed by atoms with Crippen molar-refractivity contribution in [2.75, 3.05) is 31.6 Å². The number of rotatable bonds is 5. The molecule has 140 valence electrons. The first-order valence-corrected chi connectivity index (χ1v) is 9.91. The van der Waals surface area contributed by atoms with Crippen LogP contribution in [0.2, 0.25) is 0 Å². The molecular formula is C21H30N4O. The number of likely N-dealkylation sites (N-methyl/N-ethyl adjacent to an activating group) is 1. The second-order valence-corrected chi connectivity index (χ2v) is 7.79. The lowest BCUT2D eigenvalue weighted by Gasteiger charge is -2.30. The maximum atomic E-state index is 5.87. The molecule has 0 aliphatic carbocycles. The molecule has 1 N–H and O–H groups in total. The van der Waals surface area contributed by atoms with Crippen molar-refractivity contribution in [2.24, 2.45) is 0 Å². The highest BCUT2D eigenvalue weighted by molar-refractivity contribution is 5.60. The molecule has 1 aromatic heterocycles. The SMILES string of the molecule is CCC[C@@H](C)c1n[nH]c2c1CN(Cc1ccc3c(c1)OCCN3C)CC2.